The molecule has 6 heteroatoms. The first-order chi connectivity index (χ1) is 4.66. The predicted molar refractivity (Wildman–Crippen MR) is 46.1 cm³/mol. The van der Waals surface area contributed by atoms with Crippen LogP contribution in [0.25, 0.3) is 0 Å². The summed E-state index contributed by atoms with van der Waals surface area (Å²) in [7, 11) is 0. The molecule has 0 aromatic heterocycles. The summed E-state index contributed by atoms with van der Waals surface area (Å²) < 4.78 is 0. The van der Waals surface area contributed by atoms with E-state index in [9.17, 15) is 0 Å². The fourth-order valence-electron chi connectivity index (χ4n) is 0.429. The monoisotopic (exact) mass is 160 g/mol. The van der Waals surface area contributed by atoms with Gasteiger partial charge in [0.1, 0.15) is 0 Å². The summed E-state index contributed by atoms with van der Waals surface area (Å²) in [5.74, 6) is -0.136. The largest absolute Gasteiger partial charge is 0.370 e. The van der Waals surface area contributed by atoms with Crippen molar-refractivity contribution in [3.8, 4) is 0 Å². The third-order valence-corrected chi connectivity index (χ3v) is 0.811. The zero-order valence-electron chi connectivity index (χ0n) is 6.70. The van der Waals surface area contributed by atoms with E-state index in [1.807, 2.05) is 6.92 Å². The van der Waals surface area contributed by atoms with Crippen LogP contribution in [0.15, 0.2) is 0 Å². The molecule has 0 fully saturated rings. The van der Waals surface area contributed by atoms with Crippen molar-refractivity contribution in [3.05, 3.63) is 0 Å². The average Bonchev–Trinajstić information content (AvgIpc) is 1.82. The van der Waals surface area contributed by atoms with E-state index in [1.165, 1.54) is 0 Å². The van der Waals surface area contributed by atoms with E-state index in [1.54, 1.807) is 0 Å². The predicted octanol–water partition coefficient (Wildman–Crippen LogP) is -0.434. The maximum absolute atomic E-state index is 7.08. The van der Waals surface area contributed by atoms with Gasteiger partial charge in [-0.1, -0.05) is 6.92 Å². The second-order valence-electron chi connectivity index (χ2n) is 1.84. The van der Waals surface area contributed by atoms with E-state index >= 15 is 0 Å². The zero-order chi connectivity index (χ0) is 7.98. The van der Waals surface area contributed by atoms with Gasteiger partial charge in [0.15, 0.2) is 11.9 Å². The van der Waals surface area contributed by atoms with Crippen LogP contribution < -0.4 is 22.5 Å². The van der Waals surface area contributed by atoms with Gasteiger partial charge in [-0.15, -0.1) is 0 Å². The van der Waals surface area contributed by atoms with E-state index in [0.717, 1.165) is 13.0 Å². The molecule has 0 aliphatic carbocycles. The molecule has 0 saturated heterocycles. The van der Waals surface area contributed by atoms with E-state index in [0.29, 0.717) is 0 Å². The molecule has 0 aliphatic rings. The first-order valence-electron chi connectivity index (χ1n) is 3.10. The van der Waals surface area contributed by atoms with Crippen LogP contribution in [0, 0.1) is 10.8 Å². The molecular formula is C5H16N6. The lowest BCUT2D eigenvalue weighted by Crippen LogP contribution is -2.43. The number of guanidine groups is 2. The standard InChI is InChI=1S/C5H13N5.H3N/c1-2-3-9-5(8)10-4(6)7;/h2-3H2,1H3,(H6,6,7,8,9,10);1H3. The van der Waals surface area contributed by atoms with Crippen LogP contribution in [0.1, 0.15) is 13.3 Å². The second-order valence-corrected chi connectivity index (χ2v) is 1.84. The molecule has 0 heterocycles. The molecule has 0 rings (SSSR count). The normalized spacial score (nSPS) is 7.73. The zero-order valence-corrected chi connectivity index (χ0v) is 6.70. The number of hydrogen-bond donors (Lipinski definition) is 6. The molecule has 0 radical (unpaired) electrons. The Morgan fingerprint density at radius 2 is 2.00 bits per heavy atom. The Hall–Kier alpha value is -1.30. The van der Waals surface area contributed by atoms with Gasteiger partial charge < -0.3 is 17.2 Å². The number of rotatable bonds is 2. The highest BCUT2D eigenvalue weighted by atomic mass is 15.2. The van der Waals surface area contributed by atoms with Crippen LogP contribution in [-0.4, -0.2) is 18.5 Å². The third kappa shape index (κ3) is 8.70. The lowest BCUT2D eigenvalue weighted by molar-refractivity contribution is 0.819. The van der Waals surface area contributed by atoms with Crippen molar-refractivity contribution in [2.45, 2.75) is 13.3 Å². The minimum atomic E-state index is -0.214. The van der Waals surface area contributed by atoms with E-state index in [4.69, 9.17) is 16.6 Å². The van der Waals surface area contributed by atoms with Crippen LogP contribution in [0.5, 0.6) is 0 Å². The molecule has 0 saturated carbocycles. The Balaban J connectivity index is 0. The van der Waals surface area contributed by atoms with Gasteiger partial charge in [0.25, 0.3) is 0 Å². The van der Waals surface area contributed by atoms with Gasteiger partial charge in [-0.3, -0.25) is 16.1 Å². The molecule has 0 amide bonds. The topological polar surface area (TPSA) is 133 Å². The summed E-state index contributed by atoms with van der Waals surface area (Å²) in [5.41, 5.74) is 4.96. The van der Waals surface area contributed by atoms with Gasteiger partial charge in [0.2, 0.25) is 0 Å². The van der Waals surface area contributed by atoms with Gasteiger partial charge in [0, 0.05) is 6.54 Å². The summed E-state index contributed by atoms with van der Waals surface area (Å²) in [4.78, 5) is 0. The molecular weight excluding hydrogens is 144 g/mol. The number of nitrogens with two attached hydrogens (primary N) is 1. The molecule has 0 atom stereocenters. The molecule has 0 spiro atoms. The summed E-state index contributed by atoms with van der Waals surface area (Å²) in [6.45, 7) is 2.72. The molecule has 0 aromatic carbocycles. The van der Waals surface area contributed by atoms with Crippen LogP contribution in [0.2, 0.25) is 0 Å². The van der Waals surface area contributed by atoms with Gasteiger partial charge in [-0.2, -0.15) is 0 Å². The molecule has 0 bridgehead atoms. The van der Waals surface area contributed by atoms with E-state index < -0.39 is 0 Å². The van der Waals surface area contributed by atoms with Crippen molar-refractivity contribution >= 4 is 11.9 Å². The lowest BCUT2D eigenvalue weighted by Gasteiger charge is -2.06. The number of nitrogens with one attached hydrogen (secondary N) is 4. The van der Waals surface area contributed by atoms with Crippen molar-refractivity contribution in [2.75, 3.05) is 6.54 Å². The van der Waals surface area contributed by atoms with Crippen LogP contribution in [-0.2, 0) is 0 Å². The first kappa shape index (κ1) is 12.4. The minimum absolute atomic E-state index is 0. The summed E-state index contributed by atoms with van der Waals surface area (Å²) in [6.07, 6.45) is 0.946. The summed E-state index contributed by atoms with van der Waals surface area (Å²) in [5, 5.41) is 18.9. The SMILES string of the molecule is CCCNC(=N)NC(=N)N.N. The second kappa shape index (κ2) is 6.81. The molecule has 9 N–H and O–H groups in total. The van der Waals surface area contributed by atoms with Crippen molar-refractivity contribution in [2.24, 2.45) is 5.73 Å². The van der Waals surface area contributed by atoms with Crippen LogP contribution in [0.4, 0.5) is 0 Å². The highest BCUT2D eigenvalue weighted by molar-refractivity contribution is 5.94. The maximum Gasteiger partial charge on any atom is 0.195 e. The fraction of sp³-hybridized carbons (Fsp3) is 0.600. The highest BCUT2D eigenvalue weighted by Gasteiger charge is 1.92. The van der Waals surface area contributed by atoms with E-state index in [-0.39, 0.29) is 18.1 Å². The van der Waals surface area contributed by atoms with Crippen LogP contribution in [0.3, 0.4) is 0 Å². The Morgan fingerprint density at radius 3 is 2.36 bits per heavy atom. The smallest absolute Gasteiger partial charge is 0.195 e. The Kier molecular flexibility index (Phi) is 7.67. The molecule has 6 nitrogen and oxygen atoms in total. The van der Waals surface area contributed by atoms with Crippen molar-refractivity contribution in [1.29, 1.82) is 10.8 Å². The maximum atomic E-state index is 7.08. The average molecular weight is 160 g/mol. The van der Waals surface area contributed by atoms with Crippen molar-refractivity contribution in [3.63, 3.8) is 0 Å². The molecule has 66 valence electrons. The first-order valence-corrected chi connectivity index (χ1v) is 3.10. The molecule has 0 aromatic rings. The third-order valence-electron chi connectivity index (χ3n) is 0.811. The van der Waals surface area contributed by atoms with Gasteiger partial charge in [0.05, 0.1) is 0 Å². The van der Waals surface area contributed by atoms with E-state index in [2.05, 4.69) is 10.6 Å². The molecule has 0 aliphatic heterocycles. The Labute approximate surface area is 66.1 Å². The quantitative estimate of drug-likeness (QED) is 0.241. The Bertz CT molecular complexity index is 131. The minimum Gasteiger partial charge on any atom is -0.370 e. The number of hydrogen-bond acceptors (Lipinski definition) is 3. The lowest BCUT2D eigenvalue weighted by atomic mass is 10.5. The summed E-state index contributed by atoms with van der Waals surface area (Å²) >= 11 is 0. The van der Waals surface area contributed by atoms with Gasteiger partial charge in [-0.05, 0) is 6.42 Å². The van der Waals surface area contributed by atoms with Gasteiger partial charge >= 0.3 is 0 Å². The fourth-order valence-corrected chi connectivity index (χ4v) is 0.429. The summed E-state index contributed by atoms with van der Waals surface area (Å²) in [6, 6.07) is 0. The molecule has 11 heavy (non-hydrogen) atoms. The van der Waals surface area contributed by atoms with Crippen molar-refractivity contribution in [1.82, 2.24) is 16.8 Å². The van der Waals surface area contributed by atoms with Gasteiger partial charge in [-0.25, -0.2) is 0 Å². The van der Waals surface area contributed by atoms with Crippen molar-refractivity contribution < 1.29 is 0 Å². The molecule has 0 unspecified atom stereocenters. The Morgan fingerprint density at radius 1 is 1.45 bits per heavy atom. The van der Waals surface area contributed by atoms with Crippen LogP contribution >= 0.6 is 0 Å². The highest BCUT2D eigenvalue weighted by Crippen LogP contribution is 1.67.